The maximum atomic E-state index is 11.4. The van der Waals surface area contributed by atoms with E-state index in [-0.39, 0.29) is 10.6 Å². The molecule has 3 aromatic rings. The second kappa shape index (κ2) is 7.72. The molecule has 162 valence electrons. The summed E-state index contributed by atoms with van der Waals surface area (Å²) < 4.78 is 37.0. The summed E-state index contributed by atoms with van der Waals surface area (Å²) in [5.74, 6) is 0.735. The van der Waals surface area contributed by atoms with Crippen LogP contribution in [0, 0.1) is 13.8 Å². The van der Waals surface area contributed by atoms with Crippen molar-refractivity contribution in [2.75, 3.05) is 17.3 Å². The Hall–Kier alpha value is -3.35. The Labute approximate surface area is 182 Å². The Morgan fingerprint density at radius 3 is 2.39 bits per heavy atom. The number of hydrogen-bond acceptors (Lipinski definition) is 10. The number of hydrogen-bond donors (Lipinski definition) is 3. The van der Waals surface area contributed by atoms with Crippen LogP contribution in [0.5, 0.6) is 11.5 Å². The molecule has 0 fully saturated rings. The minimum Gasteiger partial charge on any atom is -0.504 e. The van der Waals surface area contributed by atoms with Crippen molar-refractivity contribution in [3.05, 3.63) is 58.6 Å². The first-order valence-electron chi connectivity index (χ1n) is 9.02. The van der Waals surface area contributed by atoms with Crippen molar-refractivity contribution in [1.29, 1.82) is 0 Å². The lowest BCUT2D eigenvalue weighted by molar-refractivity contribution is 0.373. The zero-order chi connectivity index (χ0) is 22.3. The first-order chi connectivity index (χ1) is 14.7. The Bertz CT molecular complexity index is 1250. The van der Waals surface area contributed by atoms with E-state index in [1.54, 1.807) is 17.3 Å². The summed E-state index contributed by atoms with van der Waals surface area (Å²) in [5.41, 5.74) is 5.16. The van der Waals surface area contributed by atoms with Crippen molar-refractivity contribution in [2.24, 2.45) is 5.10 Å². The standard InChI is InChI=1S/C19H19N5O5S2/c1-11-12(2)30-19(20-11)24-22-18(13-4-9-17(29-3)16(25)10-13)21-23(24)14-5-7-15(8-6-14)31(26,27)28/h4-10,25H,1-3H3,(H,21,22)(H,26,27,28). The molecule has 0 saturated carbocycles. The number of benzene rings is 2. The number of hydrazine groups is 2. The van der Waals surface area contributed by atoms with Crippen LogP contribution >= 0.6 is 11.3 Å². The number of phenolic OH excluding ortho intramolecular Hbond substituents is 1. The molecule has 1 aliphatic rings. The second-order valence-corrected chi connectivity index (χ2v) is 9.26. The molecule has 2 aromatic carbocycles. The molecule has 0 radical (unpaired) electrons. The lowest BCUT2D eigenvalue weighted by atomic mass is 10.2. The molecular formula is C19H19N5O5S2. The van der Waals surface area contributed by atoms with Gasteiger partial charge in [-0.1, -0.05) is 11.3 Å². The van der Waals surface area contributed by atoms with Gasteiger partial charge in [-0.05, 0) is 56.3 Å². The van der Waals surface area contributed by atoms with E-state index in [4.69, 9.17) is 4.74 Å². The summed E-state index contributed by atoms with van der Waals surface area (Å²) in [5, 5.41) is 18.5. The number of aryl methyl sites for hydroxylation is 2. The van der Waals surface area contributed by atoms with Crippen molar-refractivity contribution in [3.8, 4) is 11.5 Å². The van der Waals surface area contributed by atoms with Crippen LogP contribution in [0.3, 0.4) is 0 Å². The number of nitrogens with zero attached hydrogens (tertiary/aromatic N) is 4. The Morgan fingerprint density at radius 1 is 1.13 bits per heavy atom. The molecule has 0 saturated heterocycles. The third-order valence-corrected chi connectivity index (χ3v) is 6.53. The summed E-state index contributed by atoms with van der Waals surface area (Å²) in [7, 11) is -2.84. The van der Waals surface area contributed by atoms with Gasteiger partial charge in [0.1, 0.15) is 0 Å². The van der Waals surface area contributed by atoms with Crippen molar-refractivity contribution in [1.82, 2.24) is 10.4 Å². The third kappa shape index (κ3) is 4.00. The molecule has 0 unspecified atom stereocenters. The number of aromatic hydroxyl groups is 1. The fraction of sp³-hybridized carbons (Fsp3) is 0.158. The normalized spacial score (nSPS) is 13.9. The molecule has 4 rings (SSSR count). The highest BCUT2D eigenvalue weighted by atomic mass is 32.2. The highest BCUT2D eigenvalue weighted by molar-refractivity contribution is 7.85. The number of anilines is 2. The summed E-state index contributed by atoms with van der Waals surface area (Å²) >= 11 is 1.46. The number of rotatable bonds is 5. The van der Waals surface area contributed by atoms with Crippen LogP contribution in [-0.4, -0.2) is 36.0 Å². The lowest BCUT2D eigenvalue weighted by Gasteiger charge is -2.25. The molecule has 0 spiro atoms. The van der Waals surface area contributed by atoms with Gasteiger partial charge in [-0.15, -0.1) is 15.3 Å². The molecule has 2 heterocycles. The predicted octanol–water partition coefficient (Wildman–Crippen LogP) is 2.83. The average Bonchev–Trinajstić information content (AvgIpc) is 3.31. The van der Waals surface area contributed by atoms with Gasteiger partial charge in [-0.3, -0.25) is 9.98 Å². The molecule has 0 aliphatic carbocycles. The van der Waals surface area contributed by atoms with Crippen molar-refractivity contribution in [3.63, 3.8) is 0 Å². The predicted molar refractivity (Wildman–Crippen MR) is 117 cm³/mol. The molecule has 12 heteroatoms. The van der Waals surface area contributed by atoms with Gasteiger partial charge < -0.3 is 9.84 Å². The zero-order valence-electron chi connectivity index (χ0n) is 16.8. The molecule has 3 N–H and O–H groups in total. The number of thiazole rings is 1. The fourth-order valence-corrected chi connectivity index (χ4v) is 4.21. The van der Waals surface area contributed by atoms with E-state index in [0.29, 0.717) is 28.0 Å². The van der Waals surface area contributed by atoms with E-state index >= 15 is 0 Å². The quantitative estimate of drug-likeness (QED) is 0.491. The molecule has 0 atom stereocenters. The van der Waals surface area contributed by atoms with Gasteiger partial charge in [-0.25, -0.2) is 4.98 Å². The minimum absolute atomic E-state index is 0.0343. The van der Waals surface area contributed by atoms with Gasteiger partial charge in [0.2, 0.25) is 5.13 Å². The molecular weight excluding hydrogens is 442 g/mol. The second-order valence-electron chi connectivity index (χ2n) is 6.66. The van der Waals surface area contributed by atoms with Gasteiger partial charge in [-0.2, -0.15) is 8.42 Å². The molecule has 10 nitrogen and oxygen atoms in total. The SMILES string of the molecule is COc1ccc(C2=NN(c3ccc(S(=O)(=O)O)cc3)N(c3nc(C)c(C)s3)N2)cc1O. The Kier molecular flexibility index (Phi) is 5.21. The van der Waals surface area contributed by atoms with E-state index < -0.39 is 10.1 Å². The van der Waals surface area contributed by atoms with Gasteiger partial charge in [0.25, 0.3) is 10.1 Å². The Balaban J connectivity index is 1.76. The highest BCUT2D eigenvalue weighted by Crippen LogP contribution is 2.32. The van der Waals surface area contributed by atoms with Crippen molar-refractivity contribution in [2.45, 2.75) is 18.7 Å². The van der Waals surface area contributed by atoms with Crippen LogP contribution in [0.1, 0.15) is 16.1 Å². The largest absolute Gasteiger partial charge is 0.504 e. The van der Waals surface area contributed by atoms with Crippen molar-refractivity contribution >= 4 is 38.1 Å². The average molecular weight is 462 g/mol. The number of aromatic nitrogens is 1. The van der Waals surface area contributed by atoms with Crippen LogP contribution in [-0.2, 0) is 10.1 Å². The van der Waals surface area contributed by atoms with E-state index in [0.717, 1.165) is 10.6 Å². The van der Waals surface area contributed by atoms with Crippen LogP contribution in [0.15, 0.2) is 52.5 Å². The minimum atomic E-state index is -4.31. The number of nitrogens with one attached hydrogen (secondary N) is 1. The van der Waals surface area contributed by atoms with Crippen molar-refractivity contribution < 1.29 is 22.8 Å². The number of hydrazone groups is 1. The van der Waals surface area contributed by atoms with E-state index in [1.165, 1.54) is 53.9 Å². The molecule has 31 heavy (non-hydrogen) atoms. The summed E-state index contributed by atoms with van der Waals surface area (Å²) in [6.45, 7) is 3.86. The number of methoxy groups -OCH3 is 1. The van der Waals surface area contributed by atoms with Crippen LogP contribution in [0.2, 0.25) is 0 Å². The first-order valence-corrected chi connectivity index (χ1v) is 11.3. The molecule has 1 aliphatic heterocycles. The van der Waals surface area contributed by atoms with Crippen LogP contribution in [0.25, 0.3) is 0 Å². The highest BCUT2D eigenvalue weighted by Gasteiger charge is 2.29. The van der Waals surface area contributed by atoms with Gasteiger partial charge in [0.15, 0.2) is 17.3 Å². The molecule has 0 bridgehead atoms. The fourth-order valence-electron chi connectivity index (χ4n) is 2.87. The van der Waals surface area contributed by atoms with E-state index in [2.05, 4.69) is 15.5 Å². The maximum absolute atomic E-state index is 11.4. The lowest BCUT2D eigenvalue weighted by Crippen LogP contribution is -2.44. The smallest absolute Gasteiger partial charge is 0.294 e. The number of amidine groups is 1. The van der Waals surface area contributed by atoms with Crippen LogP contribution < -0.4 is 20.4 Å². The zero-order valence-corrected chi connectivity index (χ0v) is 18.4. The topological polar surface area (TPSA) is 128 Å². The summed E-state index contributed by atoms with van der Waals surface area (Å²) in [4.78, 5) is 5.37. The van der Waals surface area contributed by atoms with E-state index in [9.17, 15) is 18.1 Å². The number of ether oxygens (including phenoxy) is 1. The van der Waals surface area contributed by atoms with Crippen LogP contribution in [0.4, 0.5) is 10.8 Å². The Morgan fingerprint density at radius 2 is 1.84 bits per heavy atom. The maximum Gasteiger partial charge on any atom is 0.294 e. The number of phenols is 1. The third-order valence-electron chi connectivity index (χ3n) is 4.61. The van der Waals surface area contributed by atoms with Gasteiger partial charge >= 0.3 is 0 Å². The summed E-state index contributed by atoms with van der Waals surface area (Å²) in [6.07, 6.45) is 0. The molecule has 0 amide bonds. The monoisotopic (exact) mass is 461 g/mol. The molecule has 1 aromatic heterocycles. The summed E-state index contributed by atoms with van der Waals surface area (Å²) in [6, 6.07) is 10.5. The van der Waals surface area contributed by atoms with Gasteiger partial charge in [0.05, 0.1) is 23.4 Å². The first kappa shape index (κ1) is 20.9. The van der Waals surface area contributed by atoms with Gasteiger partial charge in [0, 0.05) is 10.4 Å². The van der Waals surface area contributed by atoms with E-state index in [1.807, 2.05) is 13.8 Å².